The minimum atomic E-state index is -0.716. The molecule has 3 aromatic carbocycles. The van der Waals surface area contributed by atoms with Crippen LogP contribution in [0.5, 0.6) is 5.75 Å². The Morgan fingerprint density at radius 3 is 2.38 bits per heavy atom. The van der Waals surface area contributed by atoms with Gasteiger partial charge in [0.15, 0.2) is 5.69 Å². The molecular weight excluding hydrogens is 490 g/mol. The Morgan fingerprint density at radius 2 is 1.65 bits per heavy atom. The van der Waals surface area contributed by atoms with E-state index in [0.717, 1.165) is 27.7 Å². The van der Waals surface area contributed by atoms with Gasteiger partial charge in [0.2, 0.25) is 0 Å². The van der Waals surface area contributed by atoms with E-state index in [4.69, 9.17) is 9.47 Å². The molecule has 5 aromatic rings. The highest BCUT2D eigenvalue weighted by Crippen LogP contribution is 2.37. The van der Waals surface area contributed by atoms with Crippen LogP contribution in [0.1, 0.15) is 37.5 Å². The monoisotopic (exact) mass is 513 g/mol. The van der Waals surface area contributed by atoms with E-state index in [2.05, 4.69) is 0 Å². The summed E-state index contributed by atoms with van der Waals surface area (Å²) in [7, 11) is 2.52. The van der Waals surface area contributed by atoms with Gasteiger partial charge in [-0.1, -0.05) is 42.5 Å². The van der Waals surface area contributed by atoms with Gasteiger partial charge in [-0.15, -0.1) is 11.3 Å². The van der Waals surface area contributed by atoms with E-state index in [1.807, 2.05) is 42.5 Å². The summed E-state index contributed by atoms with van der Waals surface area (Å²) in [6, 6.07) is 20.1. The molecule has 0 unspecified atom stereocenters. The van der Waals surface area contributed by atoms with Crippen molar-refractivity contribution in [3.05, 3.63) is 105 Å². The highest BCUT2D eigenvalue weighted by molar-refractivity contribution is 7.21. The SMILES string of the molecule is COC(=O)c1c(Cc2cccc3ccccc23)cc(=O)n2c(C(=O)OC)c(-c3ccc(O)c(C)c3)sc12. The van der Waals surface area contributed by atoms with Gasteiger partial charge in [0.1, 0.15) is 10.6 Å². The van der Waals surface area contributed by atoms with Gasteiger partial charge in [-0.3, -0.25) is 9.20 Å². The van der Waals surface area contributed by atoms with Gasteiger partial charge in [-0.05, 0) is 64.6 Å². The second-order valence-electron chi connectivity index (χ2n) is 8.60. The third kappa shape index (κ3) is 4.15. The van der Waals surface area contributed by atoms with Gasteiger partial charge in [-0.2, -0.15) is 0 Å². The maximum absolute atomic E-state index is 13.5. The summed E-state index contributed by atoms with van der Waals surface area (Å²) in [6.45, 7) is 1.73. The van der Waals surface area contributed by atoms with E-state index in [1.54, 1.807) is 19.1 Å². The lowest BCUT2D eigenvalue weighted by Gasteiger charge is -2.12. The van der Waals surface area contributed by atoms with Crippen molar-refractivity contribution in [1.29, 1.82) is 0 Å². The predicted octanol–water partition coefficient (Wildman–Crippen LogP) is 5.36. The summed E-state index contributed by atoms with van der Waals surface area (Å²) in [6.07, 6.45) is 0.316. The summed E-state index contributed by atoms with van der Waals surface area (Å²) in [5.41, 5.74) is 2.42. The lowest BCUT2D eigenvalue weighted by atomic mass is 9.96. The Kier molecular flexibility index (Phi) is 6.27. The number of phenolic OH excluding ortho intramolecular Hbond substituents is 1. The number of thiazole rings is 1. The maximum Gasteiger partial charge on any atom is 0.356 e. The molecule has 0 fully saturated rings. The number of phenols is 1. The third-order valence-electron chi connectivity index (χ3n) is 6.38. The molecule has 0 aliphatic rings. The zero-order chi connectivity index (χ0) is 26.3. The number of carbonyl (C=O) groups excluding carboxylic acids is 2. The second kappa shape index (κ2) is 9.55. The Morgan fingerprint density at radius 1 is 0.919 bits per heavy atom. The number of methoxy groups -OCH3 is 2. The summed E-state index contributed by atoms with van der Waals surface area (Å²) in [5, 5.41) is 12.1. The van der Waals surface area contributed by atoms with Gasteiger partial charge in [0.25, 0.3) is 5.56 Å². The number of aromatic nitrogens is 1. The molecule has 0 saturated heterocycles. The first-order valence-electron chi connectivity index (χ1n) is 11.5. The van der Waals surface area contributed by atoms with Crippen LogP contribution in [0.4, 0.5) is 0 Å². The number of fused-ring (bicyclic) bond motifs is 2. The highest BCUT2D eigenvalue weighted by Gasteiger charge is 2.28. The molecule has 0 aliphatic heterocycles. The van der Waals surface area contributed by atoms with Crippen LogP contribution in [0.15, 0.2) is 71.5 Å². The number of aromatic hydroxyl groups is 1. The van der Waals surface area contributed by atoms with E-state index in [1.165, 1.54) is 30.8 Å². The number of aryl methyl sites for hydroxylation is 1. The van der Waals surface area contributed by atoms with Crippen LogP contribution >= 0.6 is 11.3 Å². The van der Waals surface area contributed by atoms with Gasteiger partial charge >= 0.3 is 11.9 Å². The van der Waals surface area contributed by atoms with Crippen molar-refractivity contribution in [2.24, 2.45) is 0 Å². The Bertz CT molecular complexity index is 1760. The fraction of sp³-hybridized carbons (Fsp3) is 0.138. The molecule has 0 aliphatic carbocycles. The topological polar surface area (TPSA) is 94.3 Å². The number of benzene rings is 3. The van der Waals surface area contributed by atoms with Crippen molar-refractivity contribution >= 4 is 38.9 Å². The number of esters is 2. The summed E-state index contributed by atoms with van der Waals surface area (Å²) in [4.78, 5) is 40.3. The quantitative estimate of drug-likeness (QED) is 0.318. The minimum Gasteiger partial charge on any atom is -0.508 e. The molecule has 7 nitrogen and oxygen atoms in total. The van der Waals surface area contributed by atoms with E-state index in [-0.39, 0.29) is 21.8 Å². The Hall–Kier alpha value is -4.43. The van der Waals surface area contributed by atoms with Gasteiger partial charge in [0.05, 0.1) is 24.7 Å². The number of carbonyl (C=O) groups is 2. The summed E-state index contributed by atoms with van der Waals surface area (Å²) in [5.74, 6) is -1.22. The van der Waals surface area contributed by atoms with Crippen molar-refractivity contribution in [2.45, 2.75) is 13.3 Å². The average Bonchev–Trinajstić information content (AvgIpc) is 3.31. The standard InChI is InChI=1S/C29H23NO6S/c1-16-13-19(11-12-22(16)31)26-25(29(34)36-3)30-23(32)15-20(24(27(30)37-26)28(33)35-2)14-18-9-6-8-17-7-4-5-10-21(17)18/h4-13,15,31H,14H2,1-3H3. The molecule has 0 atom stereocenters. The van der Waals surface area contributed by atoms with Gasteiger partial charge in [-0.25, -0.2) is 9.59 Å². The number of hydrogen-bond donors (Lipinski definition) is 1. The number of hydrogen-bond acceptors (Lipinski definition) is 7. The van der Waals surface area contributed by atoms with Crippen molar-refractivity contribution in [3.63, 3.8) is 0 Å². The molecule has 37 heavy (non-hydrogen) atoms. The number of pyridine rings is 1. The summed E-state index contributed by atoms with van der Waals surface area (Å²) < 4.78 is 11.4. The van der Waals surface area contributed by atoms with E-state index in [9.17, 15) is 19.5 Å². The van der Waals surface area contributed by atoms with Crippen molar-refractivity contribution in [2.75, 3.05) is 14.2 Å². The molecule has 8 heteroatoms. The van der Waals surface area contributed by atoms with Crippen molar-refractivity contribution < 1.29 is 24.2 Å². The van der Waals surface area contributed by atoms with Crippen LogP contribution in [0, 0.1) is 6.92 Å². The number of rotatable bonds is 5. The first-order valence-corrected chi connectivity index (χ1v) is 12.3. The maximum atomic E-state index is 13.5. The minimum absolute atomic E-state index is 0.0134. The molecular formula is C29H23NO6S. The number of nitrogens with zero attached hydrogens (tertiary/aromatic N) is 1. The molecule has 1 N–H and O–H groups in total. The Labute approximate surface area is 216 Å². The molecule has 0 spiro atoms. The fourth-order valence-electron chi connectivity index (χ4n) is 4.57. The van der Waals surface area contributed by atoms with Gasteiger partial charge in [0, 0.05) is 6.07 Å². The summed E-state index contributed by atoms with van der Waals surface area (Å²) >= 11 is 1.13. The largest absolute Gasteiger partial charge is 0.508 e. The molecule has 0 bridgehead atoms. The van der Waals surface area contributed by atoms with E-state index in [0.29, 0.717) is 28.0 Å². The van der Waals surface area contributed by atoms with Crippen molar-refractivity contribution in [1.82, 2.24) is 4.40 Å². The Balaban J connectivity index is 1.82. The molecule has 2 aromatic heterocycles. The normalized spacial score (nSPS) is 11.1. The second-order valence-corrected chi connectivity index (χ2v) is 9.60. The molecule has 5 rings (SSSR count). The van der Waals surface area contributed by atoms with E-state index < -0.39 is 17.5 Å². The lowest BCUT2D eigenvalue weighted by Crippen LogP contribution is -2.22. The zero-order valence-electron chi connectivity index (χ0n) is 20.4. The van der Waals surface area contributed by atoms with Crippen LogP contribution in [-0.4, -0.2) is 35.7 Å². The van der Waals surface area contributed by atoms with Crippen LogP contribution < -0.4 is 5.56 Å². The first-order chi connectivity index (χ1) is 17.8. The number of ether oxygens (including phenoxy) is 2. The molecule has 2 heterocycles. The van der Waals surface area contributed by atoms with Gasteiger partial charge < -0.3 is 14.6 Å². The van der Waals surface area contributed by atoms with Crippen molar-refractivity contribution in [3.8, 4) is 16.2 Å². The third-order valence-corrected chi connectivity index (χ3v) is 7.59. The van der Waals surface area contributed by atoms with Crippen LogP contribution in [0.25, 0.3) is 26.0 Å². The predicted molar refractivity (Wildman–Crippen MR) is 143 cm³/mol. The lowest BCUT2D eigenvalue weighted by molar-refractivity contribution is 0.0584. The molecule has 0 amide bonds. The molecule has 0 saturated carbocycles. The van der Waals surface area contributed by atoms with Crippen LogP contribution in [0.3, 0.4) is 0 Å². The zero-order valence-corrected chi connectivity index (χ0v) is 21.2. The molecule has 186 valence electrons. The average molecular weight is 514 g/mol. The smallest absolute Gasteiger partial charge is 0.356 e. The fourth-order valence-corrected chi connectivity index (χ4v) is 5.87. The first kappa shape index (κ1) is 24.3. The van der Waals surface area contributed by atoms with Crippen LogP contribution in [0.2, 0.25) is 0 Å². The van der Waals surface area contributed by atoms with E-state index >= 15 is 0 Å². The highest BCUT2D eigenvalue weighted by atomic mass is 32.1. The molecule has 0 radical (unpaired) electrons. The van der Waals surface area contributed by atoms with Crippen LogP contribution in [-0.2, 0) is 15.9 Å².